The Kier molecular flexibility index (Phi) is 34.5. The molecule has 0 radical (unpaired) electrons. The Morgan fingerprint density at radius 1 is 0.618 bits per heavy atom. The van der Waals surface area contributed by atoms with Gasteiger partial charge in [-0.05, 0) is 38.0 Å². The maximum atomic E-state index is 12.4. The minimum absolute atomic E-state index is 0.0856. The predicted octanol–water partition coefficient (Wildman–Crippen LogP) is 9.28. The maximum Gasteiger partial charge on any atom is 0.469 e. The molecule has 5 N–H and O–H groups in total. The zero-order chi connectivity index (χ0) is 41.0. The van der Waals surface area contributed by atoms with E-state index in [1.54, 1.807) is 42.5 Å². The average Bonchev–Trinajstić information content (AvgIpc) is 3.13. The highest BCUT2D eigenvalue weighted by atomic mass is 31.2. The normalized spacial score (nSPS) is 14.9. The number of rotatable bonds is 36. The fourth-order valence-corrected chi connectivity index (χ4v) is 5.97. The molecule has 0 rings (SSSR count). The van der Waals surface area contributed by atoms with Gasteiger partial charge in [-0.25, -0.2) is 4.57 Å². The summed E-state index contributed by atoms with van der Waals surface area (Å²) in [5.74, 6) is -0.404. The molecule has 0 saturated heterocycles. The van der Waals surface area contributed by atoms with Crippen LogP contribution in [-0.4, -0.2) is 74.7 Å². The molecule has 318 valence electrons. The Balaban J connectivity index is 4.25. The van der Waals surface area contributed by atoms with Gasteiger partial charge < -0.3 is 34.6 Å². The number of phosphoric ester groups is 1. The van der Waals surface area contributed by atoms with E-state index in [1.807, 2.05) is 19.1 Å². The van der Waals surface area contributed by atoms with Crippen LogP contribution >= 0.6 is 7.82 Å². The van der Waals surface area contributed by atoms with Gasteiger partial charge in [0.25, 0.3) is 0 Å². The van der Waals surface area contributed by atoms with Crippen molar-refractivity contribution in [3.05, 3.63) is 60.8 Å². The second-order valence-electron chi connectivity index (χ2n) is 14.6. The van der Waals surface area contributed by atoms with Crippen LogP contribution in [-0.2, 0) is 28.2 Å². The van der Waals surface area contributed by atoms with Gasteiger partial charge in [0.2, 0.25) is 0 Å². The third-order valence-electron chi connectivity index (χ3n) is 8.82. The lowest BCUT2D eigenvalue weighted by Crippen LogP contribution is -2.29. The van der Waals surface area contributed by atoms with E-state index in [0.29, 0.717) is 12.8 Å². The second-order valence-corrected chi connectivity index (χ2v) is 15.9. The number of unbranched alkanes of at least 4 members (excludes halogenated alkanes) is 13. The van der Waals surface area contributed by atoms with Crippen LogP contribution < -0.4 is 0 Å². The fourth-order valence-electron chi connectivity index (χ4n) is 5.60. The summed E-state index contributed by atoms with van der Waals surface area (Å²) in [6, 6.07) is 0. The molecule has 0 aromatic rings. The molecule has 0 aliphatic rings. The first-order chi connectivity index (χ1) is 26.3. The van der Waals surface area contributed by atoms with E-state index < -0.39 is 57.4 Å². The van der Waals surface area contributed by atoms with Crippen molar-refractivity contribution in [3.63, 3.8) is 0 Å². The standard InChI is InChI=1S/C43H75O11P/c1-4-5-22-29-38(44)30-24-19-16-17-20-25-31-40(45)41(46)32-27-34-43(48)54-39(36-53-55(49,50)51)35-52-42(47)33-26-21-15-13-11-9-7-6-8-10-12-14-18-23-28-37(2)3/h5,16-17,19-20,22,24-25,30-31,37-41,44-46H,4,6-15,18,21,23,26-29,32-36H2,1-3H3,(H2,49,50,51)/b19-16+,20-17-,22-5-,30-24+,31-25-/t38-,39+,40+,41+/m0/s1. The summed E-state index contributed by atoms with van der Waals surface area (Å²) in [4.78, 5) is 42.9. The van der Waals surface area contributed by atoms with Gasteiger partial charge in [-0.2, -0.15) is 0 Å². The lowest BCUT2D eigenvalue weighted by Gasteiger charge is -2.19. The highest BCUT2D eigenvalue weighted by molar-refractivity contribution is 7.46. The zero-order valence-electron chi connectivity index (χ0n) is 34.1. The molecule has 0 fully saturated rings. The van der Waals surface area contributed by atoms with Crippen LogP contribution in [0.1, 0.15) is 156 Å². The maximum absolute atomic E-state index is 12.4. The molecule has 0 amide bonds. The van der Waals surface area contributed by atoms with Crippen molar-refractivity contribution in [3.8, 4) is 0 Å². The summed E-state index contributed by atoms with van der Waals surface area (Å²) in [6.45, 7) is 5.54. The van der Waals surface area contributed by atoms with Crippen LogP contribution in [0.15, 0.2) is 60.8 Å². The largest absolute Gasteiger partial charge is 0.469 e. The third kappa shape index (κ3) is 38.3. The number of carbonyl (C=O) groups excluding carboxylic acids is 2. The van der Waals surface area contributed by atoms with E-state index >= 15 is 0 Å². The van der Waals surface area contributed by atoms with Crippen LogP contribution in [0, 0.1) is 5.92 Å². The van der Waals surface area contributed by atoms with Gasteiger partial charge in [0.1, 0.15) is 6.61 Å². The number of carbonyl (C=O) groups is 2. The predicted molar refractivity (Wildman–Crippen MR) is 220 cm³/mol. The summed E-state index contributed by atoms with van der Waals surface area (Å²) in [6.07, 6.45) is 33.2. The van der Waals surface area contributed by atoms with E-state index in [2.05, 4.69) is 18.4 Å². The molecule has 0 unspecified atom stereocenters. The quantitative estimate of drug-likeness (QED) is 0.0134. The van der Waals surface area contributed by atoms with Crippen LogP contribution in [0.5, 0.6) is 0 Å². The molecule has 4 atom stereocenters. The van der Waals surface area contributed by atoms with Crippen LogP contribution in [0.2, 0.25) is 0 Å². The minimum atomic E-state index is -4.85. The lowest BCUT2D eigenvalue weighted by atomic mass is 10.0. The number of aliphatic hydroxyl groups is 3. The molecule has 0 saturated carbocycles. The van der Waals surface area contributed by atoms with Crippen LogP contribution in [0.3, 0.4) is 0 Å². The van der Waals surface area contributed by atoms with Gasteiger partial charge in [-0.1, -0.05) is 171 Å². The van der Waals surface area contributed by atoms with E-state index in [1.165, 1.54) is 76.7 Å². The Labute approximate surface area is 332 Å². The molecular weight excluding hydrogens is 723 g/mol. The number of aliphatic hydroxyl groups excluding tert-OH is 3. The first kappa shape index (κ1) is 52.6. The van der Waals surface area contributed by atoms with Crippen LogP contribution in [0.25, 0.3) is 0 Å². The van der Waals surface area contributed by atoms with Crippen molar-refractivity contribution in [1.82, 2.24) is 0 Å². The molecule has 11 nitrogen and oxygen atoms in total. The highest BCUT2D eigenvalue weighted by Crippen LogP contribution is 2.36. The molecule has 0 bridgehead atoms. The number of ether oxygens (including phenoxy) is 2. The zero-order valence-corrected chi connectivity index (χ0v) is 35.0. The Morgan fingerprint density at radius 3 is 1.67 bits per heavy atom. The second kappa shape index (κ2) is 36.0. The van der Waals surface area contributed by atoms with Gasteiger partial charge in [-0.3, -0.25) is 14.1 Å². The number of allylic oxidation sites excluding steroid dienone is 7. The van der Waals surface area contributed by atoms with E-state index in [-0.39, 0.29) is 25.7 Å². The fraction of sp³-hybridized carbons (Fsp3) is 0.721. The average molecular weight is 799 g/mol. The van der Waals surface area contributed by atoms with Crippen molar-refractivity contribution in [2.45, 2.75) is 180 Å². The molecule has 0 aliphatic heterocycles. The molecule has 0 spiro atoms. The monoisotopic (exact) mass is 799 g/mol. The van der Waals surface area contributed by atoms with Crippen molar-refractivity contribution in [2.75, 3.05) is 13.2 Å². The summed E-state index contributed by atoms with van der Waals surface area (Å²) < 4.78 is 26.2. The third-order valence-corrected chi connectivity index (χ3v) is 9.31. The molecule has 0 aromatic heterocycles. The number of hydrogen-bond donors (Lipinski definition) is 5. The molecule has 55 heavy (non-hydrogen) atoms. The smallest absolute Gasteiger partial charge is 0.462 e. The van der Waals surface area contributed by atoms with Crippen molar-refractivity contribution >= 4 is 19.8 Å². The minimum Gasteiger partial charge on any atom is -0.462 e. The van der Waals surface area contributed by atoms with Gasteiger partial charge in [-0.15, -0.1) is 0 Å². The number of phosphoric acid groups is 1. The van der Waals surface area contributed by atoms with Crippen molar-refractivity contribution in [1.29, 1.82) is 0 Å². The van der Waals surface area contributed by atoms with Crippen molar-refractivity contribution < 1.29 is 53.3 Å². The van der Waals surface area contributed by atoms with Gasteiger partial charge >= 0.3 is 19.8 Å². The van der Waals surface area contributed by atoms with Gasteiger partial charge in [0.15, 0.2) is 6.10 Å². The topological polar surface area (TPSA) is 180 Å². The number of hydrogen-bond acceptors (Lipinski definition) is 9. The van der Waals surface area contributed by atoms with Crippen LogP contribution in [0.4, 0.5) is 0 Å². The number of esters is 2. The first-order valence-corrected chi connectivity index (χ1v) is 22.3. The first-order valence-electron chi connectivity index (χ1n) is 20.8. The lowest BCUT2D eigenvalue weighted by molar-refractivity contribution is -0.161. The Morgan fingerprint density at radius 2 is 1.13 bits per heavy atom. The molecule has 12 heteroatoms. The van der Waals surface area contributed by atoms with Crippen molar-refractivity contribution in [2.24, 2.45) is 5.92 Å². The summed E-state index contributed by atoms with van der Waals surface area (Å²) in [5.41, 5.74) is 0. The molecule has 0 aromatic carbocycles. The molecule has 0 heterocycles. The molecular formula is C43H75O11P. The SMILES string of the molecule is CC/C=C\C[C@H](O)/C=C/C=C/C=C\C=C/[C@@H](O)[C@H](O)CCCC(=O)O[C@H](COC(=O)CCCCCCCCCCCCCCCCC(C)C)COP(=O)(O)O. The Hall–Kier alpha value is -2.37. The Bertz CT molecular complexity index is 1140. The summed E-state index contributed by atoms with van der Waals surface area (Å²) >= 11 is 0. The van der Waals surface area contributed by atoms with E-state index in [0.717, 1.165) is 31.6 Å². The van der Waals surface area contributed by atoms with E-state index in [4.69, 9.17) is 19.3 Å². The highest BCUT2D eigenvalue weighted by Gasteiger charge is 2.23. The summed E-state index contributed by atoms with van der Waals surface area (Å²) in [7, 11) is -4.85. The molecule has 0 aliphatic carbocycles. The van der Waals surface area contributed by atoms with Gasteiger partial charge in [0.05, 0.1) is 24.9 Å². The summed E-state index contributed by atoms with van der Waals surface area (Å²) in [5, 5.41) is 30.3. The van der Waals surface area contributed by atoms with Gasteiger partial charge in [0, 0.05) is 12.8 Å². The van der Waals surface area contributed by atoms with E-state index in [9.17, 15) is 29.5 Å².